The van der Waals surface area contributed by atoms with E-state index in [2.05, 4.69) is 11.9 Å². The standard InChI is InChI=1S/C16H18F3NO/c1-20-11-2-3-12(20)8-10(7-11)15(21)6-9-4-13(17)16(19)14(18)5-9/h4-5,10-12H,2-3,6-8H2,1H3. The highest BCUT2D eigenvalue weighted by Crippen LogP contribution is 2.38. The number of carbonyl (C=O) groups excluding carboxylic acids is 1. The van der Waals surface area contributed by atoms with Crippen LogP contribution in [0.25, 0.3) is 0 Å². The number of benzene rings is 1. The zero-order valence-electron chi connectivity index (χ0n) is 11.9. The van der Waals surface area contributed by atoms with E-state index in [1.807, 2.05) is 0 Å². The first-order valence-electron chi connectivity index (χ1n) is 7.33. The van der Waals surface area contributed by atoms with Gasteiger partial charge in [-0.3, -0.25) is 4.79 Å². The van der Waals surface area contributed by atoms with Crippen LogP contribution in [0.1, 0.15) is 31.2 Å². The molecule has 2 nitrogen and oxygen atoms in total. The molecular formula is C16H18F3NO. The van der Waals surface area contributed by atoms with Gasteiger partial charge in [0, 0.05) is 24.4 Å². The van der Waals surface area contributed by atoms with Gasteiger partial charge in [-0.15, -0.1) is 0 Å². The summed E-state index contributed by atoms with van der Waals surface area (Å²) in [5, 5.41) is 0. The fourth-order valence-electron chi connectivity index (χ4n) is 3.73. The molecule has 2 heterocycles. The van der Waals surface area contributed by atoms with Gasteiger partial charge in [0.1, 0.15) is 5.78 Å². The van der Waals surface area contributed by atoms with Gasteiger partial charge in [-0.25, -0.2) is 13.2 Å². The van der Waals surface area contributed by atoms with Crippen molar-refractivity contribution in [1.29, 1.82) is 0 Å². The number of carbonyl (C=O) groups is 1. The SMILES string of the molecule is CN1C2CCC1CC(C(=O)Cc1cc(F)c(F)c(F)c1)C2. The molecule has 5 heteroatoms. The van der Waals surface area contributed by atoms with Crippen molar-refractivity contribution in [3.63, 3.8) is 0 Å². The Morgan fingerprint density at radius 3 is 2.19 bits per heavy atom. The normalized spacial score (nSPS) is 28.9. The van der Waals surface area contributed by atoms with E-state index < -0.39 is 17.5 Å². The first kappa shape index (κ1) is 14.6. The van der Waals surface area contributed by atoms with Gasteiger partial charge in [0.05, 0.1) is 0 Å². The second-order valence-electron chi connectivity index (χ2n) is 6.24. The van der Waals surface area contributed by atoms with Gasteiger partial charge < -0.3 is 4.90 Å². The van der Waals surface area contributed by atoms with Crippen molar-refractivity contribution in [2.75, 3.05) is 7.05 Å². The number of Topliss-reactive ketones (excluding diaryl/α,β-unsaturated/α-hetero) is 1. The Bertz CT molecular complexity index is 538. The van der Waals surface area contributed by atoms with Crippen molar-refractivity contribution in [3.05, 3.63) is 35.1 Å². The molecular weight excluding hydrogens is 279 g/mol. The lowest BCUT2D eigenvalue weighted by atomic mass is 9.85. The number of fused-ring (bicyclic) bond motifs is 2. The molecule has 2 fully saturated rings. The number of ketones is 1. The van der Waals surface area contributed by atoms with Crippen LogP contribution in [-0.4, -0.2) is 29.8 Å². The Labute approximate surface area is 121 Å². The third kappa shape index (κ3) is 2.71. The summed E-state index contributed by atoms with van der Waals surface area (Å²) < 4.78 is 39.3. The summed E-state index contributed by atoms with van der Waals surface area (Å²) in [7, 11) is 2.09. The van der Waals surface area contributed by atoms with Crippen LogP contribution in [0.3, 0.4) is 0 Å². The average Bonchev–Trinajstić information content (AvgIpc) is 2.65. The fraction of sp³-hybridized carbons (Fsp3) is 0.562. The molecule has 0 saturated carbocycles. The van der Waals surface area contributed by atoms with Crippen molar-refractivity contribution in [2.45, 2.75) is 44.2 Å². The Hall–Kier alpha value is -1.36. The highest BCUT2D eigenvalue weighted by molar-refractivity contribution is 5.83. The van der Waals surface area contributed by atoms with Crippen molar-refractivity contribution < 1.29 is 18.0 Å². The van der Waals surface area contributed by atoms with Crippen molar-refractivity contribution >= 4 is 5.78 Å². The highest BCUT2D eigenvalue weighted by atomic mass is 19.2. The summed E-state index contributed by atoms with van der Waals surface area (Å²) >= 11 is 0. The number of nitrogens with zero attached hydrogens (tertiary/aromatic N) is 1. The zero-order valence-corrected chi connectivity index (χ0v) is 11.9. The largest absolute Gasteiger partial charge is 0.300 e. The van der Waals surface area contributed by atoms with Crippen LogP contribution in [0, 0.1) is 23.4 Å². The van der Waals surface area contributed by atoms with Crippen LogP contribution in [0.5, 0.6) is 0 Å². The maximum atomic E-state index is 13.2. The van der Waals surface area contributed by atoms with E-state index in [0.29, 0.717) is 12.1 Å². The van der Waals surface area contributed by atoms with Crippen molar-refractivity contribution in [3.8, 4) is 0 Å². The topological polar surface area (TPSA) is 20.3 Å². The molecule has 3 rings (SSSR count). The molecule has 0 N–H and O–H groups in total. The summed E-state index contributed by atoms with van der Waals surface area (Å²) in [6, 6.07) is 2.72. The van der Waals surface area contributed by atoms with E-state index in [4.69, 9.17) is 0 Å². The highest BCUT2D eigenvalue weighted by Gasteiger charge is 2.40. The number of rotatable bonds is 3. The predicted octanol–water partition coefficient (Wildman–Crippen LogP) is 3.09. The second kappa shape index (κ2) is 5.44. The Kier molecular flexibility index (Phi) is 3.78. The number of halogens is 3. The van der Waals surface area contributed by atoms with Crippen LogP contribution in [0.2, 0.25) is 0 Å². The summed E-state index contributed by atoms with van der Waals surface area (Å²) in [5.41, 5.74) is 0.211. The Balaban J connectivity index is 1.70. The summed E-state index contributed by atoms with van der Waals surface area (Å²) in [6.45, 7) is 0. The first-order chi connectivity index (χ1) is 9.95. The molecule has 2 atom stereocenters. The average molecular weight is 297 g/mol. The van der Waals surface area contributed by atoms with E-state index in [9.17, 15) is 18.0 Å². The third-order valence-corrected chi connectivity index (χ3v) is 4.98. The number of piperidine rings is 1. The maximum absolute atomic E-state index is 13.2. The molecule has 1 aromatic rings. The monoisotopic (exact) mass is 297 g/mol. The van der Waals surface area contributed by atoms with Crippen LogP contribution in [0.4, 0.5) is 13.2 Å². The fourth-order valence-corrected chi connectivity index (χ4v) is 3.73. The Morgan fingerprint density at radius 1 is 1.14 bits per heavy atom. The smallest absolute Gasteiger partial charge is 0.194 e. The second-order valence-corrected chi connectivity index (χ2v) is 6.24. The quantitative estimate of drug-likeness (QED) is 0.799. The predicted molar refractivity (Wildman–Crippen MR) is 72.3 cm³/mol. The summed E-state index contributed by atoms with van der Waals surface area (Å²) in [5.74, 6) is -3.99. The molecule has 21 heavy (non-hydrogen) atoms. The van der Waals surface area contributed by atoms with Crippen LogP contribution < -0.4 is 0 Å². The number of hydrogen-bond donors (Lipinski definition) is 0. The van der Waals surface area contributed by atoms with Crippen molar-refractivity contribution in [1.82, 2.24) is 4.90 Å². The summed E-state index contributed by atoms with van der Waals surface area (Å²) in [6.07, 6.45) is 3.84. The van der Waals surface area contributed by atoms with Gasteiger partial charge in [-0.05, 0) is 50.4 Å². The first-order valence-corrected chi connectivity index (χ1v) is 7.33. The maximum Gasteiger partial charge on any atom is 0.194 e. The molecule has 114 valence electrons. The Morgan fingerprint density at radius 2 is 1.67 bits per heavy atom. The summed E-state index contributed by atoms with van der Waals surface area (Å²) in [4.78, 5) is 14.7. The van der Waals surface area contributed by atoms with Crippen LogP contribution >= 0.6 is 0 Å². The van der Waals surface area contributed by atoms with Crippen LogP contribution in [-0.2, 0) is 11.2 Å². The molecule has 2 unspecified atom stereocenters. The van der Waals surface area contributed by atoms with Crippen molar-refractivity contribution in [2.24, 2.45) is 5.92 Å². The van der Waals surface area contributed by atoms with Gasteiger partial charge in [0.15, 0.2) is 17.5 Å². The van der Waals surface area contributed by atoms with E-state index in [-0.39, 0.29) is 23.7 Å². The van der Waals surface area contributed by atoms with E-state index in [1.165, 1.54) is 0 Å². The molecule has 0 aliphatic carbocycles. The zero-order chi connectivity index (χ0) is 15.1. The minimum atomic E-state index is -1.48. The molecule has 0 spiro atoms. The van der Waals surface area contributed by atoms with Gasteiger partial charge in [0.25, 0.3) is 0 Å². The molecule has 1 aromatic carbocycles. The van der Waals surface area contributed by atoms with E-state index in [0.717, 1.165) is 37.8 Å². The molecule has 2 bridgehead atoms. The van der Waals surface area contributed by atoms with Crippen LogP contribution in [0.15, 0.2) is 12.1 Å². The molecule has 2 saturated heterocycles. The molecule has 0 amide bonds. The lowest BCUT2D eigenvalue weighted by Crippen LogP contribution is -2.42. The van der Waals surface area contributed by atoms with E-state index >= 15 is 0 Å². The van der Waals surface area contributed by atoms with Gasteiger partial charge in [-0.1, -0.05) is 0 Å². The van der Waals surface area contributed by atoms with Gasteiger partial charge in [-0.2, -0.15) is 0 Å². The van der Waals surface area contributed by atoms with E-state index in [1.54, 1.807) is 0 Å². The minimum absolute atomic E-state index is 0.00501. The van der Waals surface area contributed by atoms with Gasteiger partial charge in [0.2, 0.25) is 0 Å². The number of hydrogen-bond acceptors (Lipinski definition) is 2. The third-order valence-electron chi connectivity index (χ3n) is 4.98. The minimum Gasteiger partial charge on any atom is -0.300 e. The molecule has 0 aromatic heterocycles. The molecule has 2 aliphatic rings. The molecule has 2 aliphatic heterocycles. The lowest BCUT2D eigenvalue weighted by Gasteiger charge is -2.35. The van der Waals surface area contributed by atoms with Gasteiger partial charge >= 0.3 is 0 Å². The lowest BCUT2D eigenvalue weighted by molar-refractivity contribution is -0.124. The molecule has 0 radical (unpaired) electrons.